The van der Waals surface area contributed by atoms with Crippen LogP contribution in [0, 0.1) is 5.82 Å². The zero-order chi connectivity index (χ0) is 22.0. The zero-order valence-electron chi connectivity index (χ0n) is 16.1. The molecule has 0 saturated heterocycles. The highest BCUT2D eigenvalue weighted by atomic mass is 19.1. The summed E-state index contributed by atoms with van der Waals surface area (Å²) in [4.78, 5) is 41.3. The van der Waals surface area contributed by atoms with E-state index in [4.69, 9.17) is 9.84 Å². The molecule has 0 unspecified atom stereocenters. The molecule has 1 N–H and O–H groups in total. The number of aromatic nitrogens is 3. The average molecular weight is 421 g/mol. The maximum atomic E-state index is 13.3. The van der Waals surface area contributed by atoms with E-state index in [1.807, 2.05) is 0 Å². The summed E-state index contributed by atoms with van der Waals surface area (Å²) in [7, 11) is 0. The van der Waals surface area contributed by atoms with Crippen LogP contribution in [0.5, 0.6) is 5.75 Å². The Balaban J connectivity index is 1.90. The summed E-state index contributed by atoms with van der Waals surface area (Å²) in [6.45, 7) is -0.598. The molecule has 0 atom stereocenters. The number of halogens is 1. The second-order valence-corrected chi connectivity index (χ2v) is 6.69. The fourth-order valence-corrected chi connectivity index (χ4v) is 3.19. The number of benzene rings is 2. The van der Waals surface area contributed by atoms with Crippen LogP contribution in [0.25, 0.3) is 16.7 Å². The lowest BCUT2D eigenvalue weighted by Gasteiger charge is -2.14. The Hall–Kier alpha value is -4.27. The number of hydrogen-bond acceptors (Lipinski definition) is 5. The number of pyridine rings is 1. The molecule has 0 aliphatic rings. The van der Waals surface area contributed by atoms with E-state index in [-0.39, 0.29) is 23.3 Å². The van der Waals surface area contributed by atoms with Crippen molar-refractivity contribution < 1.29 is 19.0 Å². The summed E-state index contributed by atoms with van der Waals surface area (Å²) >= 11 is 0. The van der Waals surface area contributed by atoms with Crippen molar-refractivity contribution in [3.05, 3.63) is 99.1 Å². The van der Waals surface area contributed by atoms with Crippen molar-refractivity contribution in [2.75, 3.05) is 6.61 Å². The predicted octanol–water partition coefficient (Wildman–Crippen LogP) is 2.20. The first-order valence-corrected chi connectivity index (χ1v) is 9.24. The summed E-state index contributed by atoms with van der Waals surface area (Å²) in [6.07, 6.45) is 1.47. The average Bonchev–Trinajstić information content (AvgIpc) is 2.77. The molecule has 0 spiro atoms. The highest BCUT2D eigenvalue weighted by Crippen LogP contribution is 2.18. The van der Waals surface area contributed by atoms with Crippen LogP contribution < -0.4 is 16.0 Å². The topological polar surface area (TPSA) is 103 Å². The van der Waals surface area contributed by atoms with Gasteiger partial charge in [-0.05, 0) is 42.0 Å². The Morgan fingerprint density at radius 3 is 2.58 bits per heavy atom. The van der Waals surface area contributed by atoms with E-state index in [1.165, 1.54) is 41.1 Å². The van der Waals surface area contributed by atoms with Crippen molar-refractivity contribution in [3.63, 3.8) is 0 Å². The van der Waals surface area contributed by atoms with Gasteiger partial charge in [0.1, 0.15) is 11.6 Å². The molecule has 0 amide bonds. The fraction of sp³-hybridized carbons (Fsp3) is 0.0909. The number of fused-ring (bicyclic) bond motifs is 1. The molecular weight excluding hydrogens is 405 g/mol. The van der Waals surface area contributed by atoms with Gasteiger partial charge in [0.05, 0.1) is 17.6 Å². The van der Waals surface area contributed by atoms with E-state index in [9.17, 15) is 18.8 Å². The molecule has 0 saturated carbocycles. The molecule has 0 bridgehead atoms. The molecule has 0 aliphatic carbocycles. The van der Waals surface area contributed by atoms with Gasteiger partial charge >= 0.3 is 11.7 Å². The molecule has 2 aromatic heterocycles. The third-order valence-electron chi connectivity index (χ3n) is 4.59. The SMILES string of the molecule is O=C(O)COc1cccc(-n2c(=O)n(Cc3ccc(F)cc3)c(=O)c3cccnc32)c1. The van der Waals surface area contributed by atoms with Crippen molar-refractivity contribution >= 4 is 17.0 Å². The molecule has 31 heavy (non-hydrogen) atoms. The third-order valence-corrected chi connectivity index (χ3v) is 4.59. The summed E-state index contributed by atoms with van der Waals surface area (Å²) in [5.41, 5.74) is -0.0792. The van der Waals surface area contributed by atoms with Crippen molar-refractivity contribution in [2.45, 2.75) is 6.54 Å². The van der Waals surface area contributed by atoms with Gasteiger partial charge in [0.2, 0.25) is 0 Å². The van der Waals surface area contributed by atoms with Gasteiger partial charge in [-0.25, -0.2) is 23.5 Å². The van der Waals surface area contributed by atoms with Crippen molar-refractivity contribution in [1.82, 2.24) is 14.1 Å². The van der Waals surface area contributed by atoms with Crippen LogP contribution in [0.3, 0.4) is 0 Å². The van der Waals surface area contributed by atoms with Crippen molar-refractivity contribution in [3.8, 4) is 11.4 Å². The Morgan fingerprint density at radius 1 is 1.06 bits per heavy atom. The fourth-order valence-electron chi connectivity index (χ4n) is 3.19. The van der Waals surface area contributed by atoms with Gasteiger partial charge < -0.3 is 9.84 Å². The highest BCUT2D eigenvalue weighted by Gasteiger charge is 2.16. The Labute approximate surface area is 174 Å². The van der Waals surface area contributed by atoms with Gasteiger partial charge in [0, 0.05) is 12.3 Å². The lowest BCUT2D eigenvalue weighted by Crippen LogP contribution is -2.40. The Morgan fingerprint density at radius 2 is 1.84 bits per heavy atom. The van der Waals surface area contributed by atoms with Crippen molar-refractivity contribution in [2.24, 2.45) is 0 Å². The van der Waals surface area contributed by atoms with E-state index in [1.54, 1.807) is 30.3 Å². The molecule has 8 nitrogen and oxygen atoms in total. The van der Waals surface area contributed by atoms with Crippen molar-refractivity contribution in [1.29, 1.82) is 0 Å². The maximum absolute atomic E-state index is 13.3. The van der Waals surface area contributed by atoms with Crippen LogP contribution in [-0.4, -0.2) is 31.8 Å². The van der Waals surface area contributed by atoms with Crippen LogP contribution in [0.4, 0.5) is 4.39 Å². The first-order chi connectivity index (χ1) is 14.9. The minimum atomic E-state index is -1.14. The van der Waals surface area contributed by atoms with Gasteiger partial charge in [-0.3, -0.25) is 9.36 Å². The van der Waals surface area contributed by atoms with Gasteiger partial charge in [-0.2, -0.15) is 0 Å². The molecule has 9 heteroatoms. The molecule has 2 heterocycles. The van der Waals surface area contributed by atoms with Gasteiger partial charge in [0.25, 0.3) is 5.56 Å². The van der Waals surface area contributed by atoms with Crippen LogP contribution in [-0.2, 0) is 11.3 Å². The molecule has 2 aromatic carbocycles. The number of carbonyl (C=O) groups is 1. The first kappa shape index (κ1) is 20.0. The minimum Gasteiger partial charge on any atom is -0.482 e. The maximum Gasteiger partial charge on any atom is 0.341 e. The van der Waals surface area contributed by atoms with Crippen LogP contribution in [0.1, 0.15) is 5.56 Å². The van der Waals surface area contributed by atoms with Crippen LogP contribution >= 0.6 is 0 Å². The van der Waals surface area contributed by atoms with Gasteiger partial charge in [-0.15, -0.1) is 0 Å². The standard InChI is InChI=1S/C22H16FN3O5/c23-15-8-6-14(7-9-15)12-25-21(29)18-5-2-10-24-20(18)26(22(25)30)16-3-1-4-17(11-16)31-13-19(27)28/h1-11H,12-13H2,(H,27,28). The van der Waals surface area contributed by atoms with Crippen LogP contribution in [0.2, 0.25) is 0 Å². The normalized spacial score (nSPS) is 10.9. The third kappa shape index (κ3) is 4.06. The van der Waals surface area contributed by atoms with E-state index >= 15 is 0 Å². The largest absolute Gasteiger partial charge is 0.482 e. The monoisotopic (exact) mass is 421 g/mol. The lowest BCUT2D eigenvalue weighted by molar-refractivity contribution is -0.139. The lowest BCUT2D eigenvalue weighted by atomic mass is 10.2. The molecular formula is C22H16FN3O5. The van der Waals surface area contributed by atoms with E-state index in [0.717, 1.165) is 4.57 Å². The summed E-state index contributed by atoms with van der Waals surface area (Å²) in [5, 5.41) is 9.04. The Bertz CT molecular complexity index is 1390. The molecule has 4 aromatic rings. The number of hydrogen-bond donors (Lipinski definition) is 1. The second-order valence-electron chi connectivity index (χ2n) is 6.69. The van der Waals surface area contributed by atoms with E-state index in [2.05, 4.69) is 4.98 Å². The zero-order valence-corrected chi connectivity index (χ0v) is 16.1. The Kier molecular flexibility index (Phi) is 5.31. The number of carboxylic acids is 1. The molecule has 156 valence electrons. The van der Waals surface area contributed by atoms with Crippen LogP contribution in [0.15, 0.2) is 76.4 Å². The number of carboxylic acid groups (broad SMARTS) is 1. The summed E-state index contributed by atoms with van der Waals surface area (Å²) < 4.78 is 20.7. The highest BCUT2D eigenvalue weighted by molar-refractivity contribution is 5.75. The van der Waals surface area contributed by atoms with Gasteiger partial charge in [0.15, 0.2) is 12.3 Å². The number of nitrogens with zero attached hydrogens (tertiary/aromatic N) is 3. The summed E-state index contributed by atoms with van der Waals surface area (Å²) in [5.74, 6) is -1.32. The van der Waals surface area contributed by atoms with E-state index in [0.29, 0.717) is 11.3 Å². The number of aliphatic carboxylic acids is 1. The molecule has 0 radical (unpaired) electrons. The number of ether oxygens (including phenoxy) is 1. The van der Waals surface area contributed by atoms with Gasteiger partial charge in [-0.1, -0.05) is 18.2 Å². The minimum absolute atomic E-state index is 0.0576. The molecule has 0 aliphatic heterocycles. The first-order valence-electron chi connectivity index (χ1n) is 9.24. The molecule has 0 fully saturated rings. The number of rotatable bonds is 6. The molecule has 4 rings (SSSR count). The predicted molar refractivity (Wildman–Crippen MR) is 110 cm³/mol. The summed E-state index contributed by atoms with van der Waals surface area (Å²) in [6, 6.07) is 14.9. The smallest absolute Gasteiger partial charge is 0.341 e. The second kappa shape index (κ2) is 8.23. The quantitative estimate of drug-likeness (QED) is 0.512. The van der Waals surface area contributed by atoms with E-state index < -0.39 is 29.6 Å².